The highest BCUT2D eigenvalue weighted by Gasteiger charge is 2.11. The lowest BCUT2D eigenvalue weighted by molar-refractivity contribution is -0.119. The van der Waals surface area contributed by atoms with Crippen molar-refractivity contribution in [1.29, 1.82) is 0 Å². The van der Waals surface area contributed by atoms with Crippen molar-refractivity contribution in [3.63, 3.8) is 0 Å². The van der Waals surface area contributed by atoms with E-state index in [1.165, 1.54) is 0 Å². The molecule has 118 valence electrons. The van der Waals surface area contributed by atoms with Gasteiger partial charge in [0.25, 0.3) is 0 Å². The van der Waals surface area contributed by atoms with Crippen LogP contribution in [-0.2, 0) is 11.2 Å². The van der Waals surface area contributed by atoms with Crippen LogP contribution in [0.5, 0.6) is 0 Å². The molecule has 6 nitrogen and oxygen atoms in total. The molecule has 1 rings (SSSR count). The summed E-state index contributed by atoms with van der Waals surface area (Å²) in [5, 5.41) is 9.21. The number of carbonyl (C=O) groups is 1. The fraction of sp³-hybridized carbons (Fsp3) is 0.667. The topological polar surface area (TPSA) is 78.9 Å². The van der Waals surface area contributed by atoms with Crippen LogP contribution in [0.3, 0.4) is 0 Å². The normalized spacial score (nSPS) is 10.6. The Morgan fingerprint density at radius 3 is 2.29 bits per heavy atom. The summed E-state index contributed by atoms with van der Waals surface area (Å²) in [6.45, 7) is 11.0. The molecule has 6 heteroatoms. The monoisotopic (exact) mass is 293 g/mol. The van der Waals surface area contributed by atoms with E-state index in [0.717, 1.165) is 42.4 Å². The van der Waals surface area contributed by atoms with Crippen molar-refractivity contribution in [1.82, 2.24) is 15.3 Å². The summed E-state index contributed by atoms with van der Waals surface area (Å²) in [4.78, 5) is 20.8. The Kier molecular flexibility index (Phi) is 6.91. The third kappa shape index (κ3) is 5.57. The number of rotatable bonds is 8. The van der Waals surface area contributed by atoms with Gasteiger partial charge in [0.05, 0.1) is 6.54 Å². The molecule has 0 aromatic carbocycles. The summed E-state index contributed by atoms with van der Waals surface area (Å²) in [5.41, 5.74) is 0.939. The van der Waals surface area contributed by atoms with Crippen LogP contribution in [0.4, 0.5) is 11.6 Å². The van der Waals surface area contributed by atoms with Crippen LogP contribution in [-0.4, -0.2) is 35.0 Å². The minimum atomic E-state index is -0.0370. The molecule has 0 saturated carbocycles. The molecule has 3 N–H and O–H groups in total. The van der Waals surface area contributed by atoms with E-state index in [4.69, 9.17) is 0 Å². The quantitative estimate of drug-likeness (QED) is 0.684. The molecule has 0 aliphatic rings. The van der Waals surface area contributed by atoms with Crippen molar-refractivity contribution in [2.45, 2.75) is 53.5 Å². The van der Waals surface area contributed by atoms with E-state index in [0.29, 0.717) is 0 Å². The Bertz CT molecular complexity index is 473. The lowest BCUT2D eigenvalue weighted by atomic mass is 10.2. The van der Waals surface area contributed by atoms with Gasteiger partial charge in [-0.15, -0.1) is 0 Å². The Morgan fingerprint density at radius 2 is 1.76 bits per heavy atom. The SMILES string of the molecule is CCCc1nc(NCC)c(C)c(NCC(=O)NC(C)C)n1. The van der Waals surface area contributed by atoms with E-state index in [1.807, 2.05) is 27.7 Å². The van der Waals surface area contributed by atoms with Crippen LogP contribution in [0.25, 0.3) is 0 Å². The third-order valence-corrected chi connectivity index (χ3v) is 2.88. The summed E-state index contributed by atoms with van der Waals surface area (Å²) in [5.74, 6) is 2.32. The molecule has 0 radical (unpaired) electrons. The predicted molar refractivity (Wildman–Crippen MR) is 86.7 cm³/mol. The molecular formula is C15H27N5O. The first-order valence-corrected chi connectivity index (χ1v) is 7.62. The minimum Gasteiger partial charge on any atom is -0.370 e. The molecule has 1 aromatic rings. The molecule has 1 heterocycles. The van der Waals surface area contributed by atoms with Gasteiger partial charge in [-0.1, -0.05) is 6.92 Å². The van der Waals surface area contributed by atoms with Crippen molar-refractivity contribution in [3.05, 3.63) is 11.4 Å². The van der Waals surface area contributed by atoms with E-state index < -0.39 is 0 Å². The highest BCUT2D eigenvalue weighted by molar-refractivity contribution is 5.81. The molecule has 0 aliphatic carbocycles. The fourth-order valence-corrected chi connectivity index (χ4v) is 1.95. The number of nitrogens with zero attached hydrogens (tertiary/aromatic N) is 2. The van der Waals surface area contributed by atoms with Crippen LogP contribution in [0.15, 0.2) is 0 Å². The van der Waals surface area contributed by atoms with Crippen LogP contribution >= 0.6 is 0 Å². The molecular weight excluding hydrogens is 266 g/mol. The molecule has 0 aliphatic heterocycles. The summed E-state index contributed by atoms with van der Waals surface area (Å²) in [7, 11) is 0. The standard InChI is InChI=1S/C15H27N5O/c1-6-8-12-19-14(16-7-2)11(5)15(20-12)17-9-13(21)18-10(3)4/h10H,6-9H2,1-5H3,(H,18,21)(H2,16,17,19,20). The van der Waals surface area contributed by atoms with E-state index in [9.17, 15) is 4.79 Å². The first-order chi connectivity index (χ1) is 9.97. The van der Waals surface area contributed by atoms with E-state index in [1.54, 1.807) is 0 Å². The average Bonchev–Trinajstić information content (AvgIpc) is 2.40. The summed E-state index contributed by atoms with van der Waals surface area (Å²) in [6, 6.07) is 0.138. The smallest absolute Gasteiger partial charge is 0.239 e. The summed E-state index contributed by atoms with van der Waals surface area (Å²) < 4.78 is 0. The minimum absolute atomic E-state index is 0.0370. The number of anilines is 2. The molecule has 1 amide bonds. The highest BCUT2D eigenvalue weighted by atomic mass is 16.1. The average molecular weight is 293 g/mol. The van der Waals surface area contributed by atoms with Crippen LogP contribution in [0.1, 0.15) is 45.5 Å². The summed E-state index contributed by atoms with van der Waals surface area (Å²) in [6.07, 6.45) is 1.81. The zero-order chi connectivity index (χ0) is 15.8. The number of aryl methyl sites for hydroxylation is 1. The van der Waals surface area contributed by atoms with Crippen molar-refractivity contribution in [2.75, 3.05) is 23.7 Å². The lowest BCUT2D eigenvalue weighted by Crippen LogP contribution is -2.35. The van der Waals surface area contributed by atoms with Gasteiger partial charge in [0, 0.05) is 24.6 Å². The molecule has 1 aromatic heterocycles. The maximum atomic E-state index is 11.7. The van der Waals surface area contributed by atoms with Gasteiger partial charge in [-0.05, 0) is 34.1 Å². The van der Waals surface area contributed by atoms with Crippen LogP contribution in [0, 0.1) is 6.92 Å². The Labute approximate surface area is 127 Å². The zero-order valence-electron chi connectivity index (χ0n) is 13.7. The maximum absolute atomic E-state index is 11.7. The van der Waals surface area contributed by atoms with Crippen molar-refractivity contribution in [2.24, 2.45) is 0 Å². The second kappa shape index (κ2) is 8.44. The zero-order valence-corrected chi connectivity index (χ0v) is 13.7. The number of amides is 1. The largest absolute Gasteiger partial charge is 0.370 e. The Morgan fingerprint density at radius 1 is 1.14 bits per heavy atom. The molecule has 0 saturated heterocycles. The molecule has 0 atom stereocenters. The molecule has 21 heavy (non-hydrogen) atoms. The van der Waals surface area contributed by atoms with Gasteiger partial charge in [0.2, 0.25) is 5.91 Å². The van der Waals surface area contributed by atoms with Gasteiger partial charge < -0.3 is 16.0 Å². The van der Waals surface area contributed by atoms with Gasteiger partial charge in [0.1, 0.15) is 17.5 Å². The number of aromatic nitrogens is 2. The first-order valence-electron chi connectivity index (χ1n) is 7.62. The number of carbonyl (C=O) groups excluding carboxylic acids is 1. The molecule has 0 bridgehead atoms. The van der Waals surface area contributed by atoms with E-state index in [-0.39, 0.29) is 18.5 Å². The molecule has 0 spiro atoms. The maximum Gasteiger partial charge on any atom is 0.239 e. The summed E-state index contributed by atoms with van der Waals surface area (Å²) >= 11 is 0. The number of hydrogen-bond acceptors (Lipinski definition) is 5. The van der Waals surface area contributed by atoms with Crippen molar-refractivity contribution >= 4 is 17.5 Å². The van der Waals surface area contributed by atoms with Crippen LogP contribution < -0.4 is 16.0 Å². The number of nitrogens with one attached hydrogen (secondary N) is 3. The Hall–Kier alpha value is -1.85. The molecule has 0 fully saturated rings. The van der Waals surface area contributed by atoms with Gasteiger partial charge in [-0.3, -0.25) is 4.79 Å². The lowest BCUT2D eigenvalue weighted by Gasteiger charge is -2.15. The van der Waals surface area contributed by atoms with Gasteiger partial charge in [-0.2, -0.15) is 0 Å². The second-order valence-corrected chi connectivity index (χ2v) is 5.32. The third-order valence-electron chi connectivity index (χ3n) is 2.88. The van der Waals surface area contributed by atoms with Gasteiger partial charge >= 0.3 is 0 Å². The fourth-order valence-electron chi connectivity index (χ4n) is 1.95. The predicted octanol–water partition coefficient (Wildman–Crippen LogP) is 2.11. The van der Waals surface area contributed by atoms with Crippen LogP contribution in [0.2, 0.25) is 0 Å². The van der Waals surface area contributed by atoms with E-state index in [2.05, 4.69) is 32.8 Å². The van der Waals surface area contributed by atoms with Gasteiger partial charge in [-0.25, -0.2) is 9.97 Å². The van der Waals surface area contributed by atoms with Gasteiger partial charge in [0.15, 0.2) is 0 Å². The van der Waals surface area contributed by atoms with Crippen molar-refractivity contribution < 1.29 is 4.79 Å². The number of hydrogen-bond donors (Lipinski definition) is 3. The molecule has 0 unspecified atom stereocenters. The highest BCUT2D eigenvalue weighted by Crippen LogP contribution is 2.20. The Balaban J connectivity index is 2.86. The van der Waals surface area contributed by atoms with Crippen molar-refractivity contribution in [3.8, 4) is 0 Å². The first kappa shape index (κ1) is 17.2. The van der Waals surface area contributed by atoms with E-state index >= 15 is 0 Å². The second-order valence-electron chi connectivity index (χ2n) is 5.32.